The van der Waals surface area contributed by atoms with Gasteiger partial charge in [0, 0.05) is 147 Å². The Bertz CT molecular complexity index is 4720. The van der Waals surface area contributed by atoms with E-state index >= 15 is 28.8 Å². The first-order chi connectivity index (χ1) is 60.6. The zero-order valence-electron chi connectivity index (χ0n) is 74.4. The van der Waals surface area contributed by atoms with Crippen LogP contribution in [0.2, 0.25) is 0 Å². The van der Waals surface area contributed by atoms with Gasteiger partial charge in [-0.3, -0.25) is 38.6 Å². The molecular formula is C92H118N4O25SSi3. The Morgan fingerprint density at radius 3 is 0.912 bits per heavy atom. The van der Waals surface area contributed by atoms with Gasteiger partial charge in [0.1, 0.15) is 76.5 Å². The van der Waals surface area contributed by atoms with Crippen molar-refractivity contribution in [1.29, 1.82) is 0 Å². The van der Waals surface area contributed by atoms with Gasteiger partial charge in [0.25, 0.3) is 23.6 Å². The molecule has 0 bridgehead atoms. The molecule has 6 amide bonds. The van der Waals surface area contributed by atoms with Crippen LogP contribution in [0.4, 0.5) is 0 Å². The van der Waals surface area contributed by atoms with E-state index in [0.717, 1.165) is 44.1 Å². The van der Waals surface area contributed by atoms with Gasteiger partial charge >= 0.3 is 26.9 Å². The van der Waals surface area contributed by atoms with Crippen molar-refractivity contribution in [3.05, 3.63) is 166 Å². The van der Waals surface area contributed by atoms with Crippen LogP contribution in [0.3, 0.4) is 0 Å². The van der Waals surface area contributed by atoms with Crippen molar-refractivity contribution in [2.24, 2.45) is 0 Å². The van der Waals surface area contributed by atoms with Gasteiger partial charge in [0.05, 0.1) is 74.7 Å². The van der Waals surface area contributed by atoms with E-state index in [-0.39, 0.29) is 179 Å². The molecule has 0 spiro atoms. The van der Waals surface area contributed by atoms with Crippen LogP contribution in [-0.4, -0.2) is 257 Å². The van der Waals surface area contributed by atoms with Crippen molar-refractivity contribution in [2.75, 3.05) is 163 Å². The molecule has 2 aliphatic heterocycles. The molecule has 2 aliphatic rings. The Morgan fingerprint density at radius 2 is 0.640 bits per heavy atom. The minimum Gasteiger partial charge on any atom is -0.457 e. The molecule has 33 heteroatoms. The number of aryl methyl sites for hydroxylation is 4. The quantitative estimate of drug-likeness (QED) is 0.00651. The van der Waals surface area contributed by atoms with Crippen LogP contribution in [0.5, 0.6) is 46.0 Å². The first kappa shape index (κ1) is 96.7. The number of rotatable bonds is 56. The summed E-state index contributed by atoms with van der Waals surface area (Å²) in [4.78, 5) is 104. The van der Waals surface area contributed by atoms with Crippen molar-refractivity contribution in [3.63, 3.8) is 0 Å². The molecule has 9 aromatic rings. The van der Waals surface area contributed by atoms with Gasteiger partial charge in [0.2, 0.25) is 11.8 Å². The molecule has 0 saturated carbocycles. The fourth-order valence-corrected chi connectivity index (χ4v) is 21.5. The molecular weight excluding hydrogens is 1680 g/mol. The highest BCUT2D eigenvalue weighted by Crippen LogP contribution is 2.58. The number of imide groups is 2. The van der Waals surface area contributed by atoms with E-state index in [9.17, 15) is 0 Å². The van der Waals surface area contributed by atoms with E-state index in [1.54, 1.807) is 86.6 Å². The predicted octanol–water partition coefficient (Wildman–Crippen LogP) is 15.5. The first-order valence-corrected chi connectivity index (χ1v) is 49.6. The van der Waals surface area contributed by atoms with Crippen LogP contribution >= 0.6 is 12.0 Å². The summed E-state index contributed by atoms with van der Waals surface area (Å²) < 4.78 is 121. The van der Waals surface area contributed by atoms with Gasteiger partial charge in [-0.2, -0.15) is 0 Å². The van der Waals surface area contributed by atoms with Crippen LogP contribution in [-0.2, 0) is 77.6 Å². The number of carbonyl (C=O) groups is 6. The second-order valence-electron chi connectivity index (χ2n) is 29.3. The van der Waals surface area contributed by atoms with Crippen molar-refractivity contribution < 1.29 is 116 Å². The molecule has 11 rings (SSSR count). The number of carbonyl (C=O) groups excluding carboxylic acids is 6. The molecule has 674 valence electrons. The average molecular weight is 1800 g/mol. The number of benzene rings is 9. The van der Waals surface area contributed by atoms with Crippen LogP contribution in [0, 0.1) is 27.7 Å². The first-order valence-electron chi connectivity index (χ1n) is 43.1. The topological polar surface area (TPSA) is 291 Å². The van der Waals surface area contributed by atoms with Gasteiger partial charge in [-0.1, -0.05) is 70.8 Å². The minimum absolute atomic E-state index is 0.0101. The summed E-state index contributed by atoms with van der Waals surface area (Å²) in [7, 11) is -9.03. The number of hydrogen-bond acceptors (Lipinski definition) is 26. The highest BCUT2D eigenvalue weighted by molar-refractivity contribution is 7.94. The fourth-order valence-electron chi connectivity index (χ4n) is 15.2. The lowest BCUT2D eigenvalue weighted by Crippen LogP contribution is -2.57. The Balaban J connectivity index is 1.18. The lowest BCUT2D eigenvalue weighted by Gasteiger charge is -2.37. The molecule has 125 heavy (non-hydrogen) atoms. The molecule has 0 aromatic heterocycles. The lowest BCUT2D eigenvalue weighted by molar-refractivity contribution is -0.139. The van der Waals surface area contributed by atoms with Crippen LogP contribution in [0.1, 0.15) is 140 Å². The van der Waals surface area contributed by atoms with Gasteiger partial charge < -0.3 is 96.8 Å². The Morgan fingerprint density at radius 1 is 0.352 bits per heavy atom. The molecule has 0 fully saturated rings. The van der Waals surface area contributed by atoms with Gasteiger partial charge in [-0.05, 0) is 177 Å². The molecule has 0 saturated heterocycles. The predicted molar refractivity (Wildman–Crippen MR) is 482 cm³/mol. The standard InChI is InChI=1S/C92H118N4O25SSi3/c1-16-103-55-73(91(101)93(43-47-105-57-122-109-18-3)45-49-107-59-124(112-21-6,113-22-7)114-23-8)95-87(97)69-51-75(118-65-35-27-61(12)28-36-65)81-83-77(120-67-39-31-63(14)32-40-67)53-71-80-72(54-78(121-68-41-33-64(15)34-42-68)84(86(80)83)82-76(119-66-37-29-62(13)30-38-66)52-70(88(95)98)79(69)85(81)82)90(100)96(89(71)99)74(56-104-17-2)92(102)94(44-48-106-58-123(110-19-4)111-20-5)46-50-108-60-125(115-24-9,116-25-10)117-26-11/h27-42,51-54,73-74,123H,16-26,43-50,55-60H2,1-15H3. The second kappa shape index (κ2) is 46.7. The zero-order valence-corrected chi connectivity index (χ0v) is 78.3. The third-order valence-electron chi connectivity index (χ3n) is 20.8. The van der Waals surface area contributed by atoms with Crippen LogP contribution in [0.25, 0.3) is 43.1 Å². The van der Waals surface area contributed by atoms with Crippen molar-refractivity contribution in [2.45, 2.75) is 116 Å². The van der Waals surface area contributed by atoms with Crippen molar-refractivity contribution >= 4 is 117 Å². The molecule has 29 nitrogen and oxygen atoms in total. The zero-order chi connectivity index (χ0) is 89.3. The van der Waals surface area contributed by atoms with E-state index in [0.29, 0.717) is 82.5 Å². The minimum atomic E-state index is -3.38. The maximum absolute atomic E-state index is 16.9. The normalized spacial score (nSPS) is 13.5. The SMILES string of the molecule is CCOCC(C(=O)N(CCOCSOCC)CCOC[Si](OCC)(OCC)OCC)N1C(=O)c2cc(Oc3ccc(C)cc3)c3c4c(Oc5ccc(C)cc5)cc5c6c(cc(Oc7ccc(C)cc7)c(c7c(Oc8ccc(C)cc8)cc(c2c37)C1=O)c64)C(=O)N(C(COCC)C(=O)N(CCOC[SiH](OCC)OCC)CCOC[Si](OCC)(OCC)OCC)C5=O. The summed E-state index contributed by atoms with van der Waals surface area (Å²) >= 11 is 1.11. The number of fused-ring (bicyclic) bond motifs is 2. The van der Waals surface area contributed by atoms with Crippen LogP contribution in [0.15, 0.2) is 121 Å². The monoisotopic (exact) mass is 1790 g/mol. The fraction of sp³-hybridized carbons (Fsp3) is 0.457. The molecule has 0 aliphatic carbocycles. The van der Waals surface area contributed by atoms with Crippen molar-refractivity contribution in [3.8, 4) is 46.0 Å². The largest absolute Gasteiger partial charge is 0.528 e. The Kier molecular flexibility index (Phi) is 36.1. The number of ether oxygens (including phenoxy) is 10. The number of hydrogen-bond donors (Lipinski definition) is 0. The highest BCUT2D eigenvalue weighted by atomic mass is 32.2. The van der Waals surface area contributed by atoms with Crippen LogP contribution < -0.4 is 18.9 Å². The third kappa shape index (κ3) is 23.2. The molecule has 9 aromatic carbocycles. The van der Waals surface area contributed by atoms with E-state index in [1.807, 2.05) is 139 Å². The summed E-state index contributed by atoms with van der Waals surface area (Å²) in [6.07, 6.45) is 0.0694. The summed E-state index contributed by atoms with van der Waals surface area (Å²) in [5, 5.41) is 1.62. The van der Waals surface area contributed by atoms with Gasteiger partial charge in [-0.15, -0.1) is 0 Å². The smallest absolute Gasteiger partial charge is 0.457 e. The second-order valence-corrected chi connectivity index (χ2v) is 37.0. The van der Waals surface area contributed by atoms with Crippen molar-refractivity contribution in [1.82, 2.24) is 19.6 Å². The highest BCUT2D eigenvalue weighted by Gasteiger charge is 2.49. The molecule has 2 unspecified atom stereocenters. The molecule has 0 radical (unpaired) electrons. The van der Waals surface area contributed by atoms with E-state index in [2.05, 4.69) is 0 Å². The molecule has 2 atom stereocenters. The number of amides is 6. The average Bonchev–Trinajstić information content (AvgIpc) is 0.669. The lowest BCUT2D eigenvalue weighted by atomic mass is 9.80. The summed E-state index contributed by atoms with van der Waals surface area (Å²) in [6, 6.07) is 32.1. The Hall–Kier alpha value is -8.90. The van der Waals surface area contributed by atoms with E-state index in [4.69, 9.17) is 87.0 Å². The van der Waals surface area contributed by atoms with E-state index in [1.165, 1.54) is 9.80 Å². The third-order valence-corrected chi connectivity index (χ3v) is 28.9. The van der Waals surface area contributed by atoms with Gasteiger partial charge in [0.15, 0.2) is 0 Å². The Labute approximate surface area is 739 Å². The summed E-state index contributed by atoms with van der Waals surface area (Å²) in [5.74, 6) is -3.42. The maximum Gasteiger partial charge on any atom is 0.528 e. The summed E-state index contributed by atoms with van der Waals surface area (Å²) in [5.41, 5.74) is 3.33. The van der Waals surface area contributed by atoms with E-state index < -0.39 is 87.6 Å². The molecule has 0 N–H and O–H groups in total. The summed E-state index contributed by atoms with van der Waals surface area (Å²) in [6.45, 7) is 29.8. The number of nitrogens with zero attached hydrogens (tertiary/aromatic N) is 4. The maximum atomic E-state index is 16.9. The molecule has 2 heterocycles. The van der Waals surface area contributed by atoms with Gasteiger partial charge in [-0.25, -0.2) is 0 Å².